The van der Waals surface area contributed by atoms with Gasteiger partial charge in [0.25, 0.3) is 5.56 Å². The quantitative estimate of drug-likeness (QED) is 0.258. The van der Waals surface area contributed by atoms with E-state index in [0.717, 1.165) is 38.9 Å². The summed E-state index contributed by atoms with van der Waals surface area (Å²) in [5, 5.41) is 0. The summed E-state index contributed by atoms with van der Waals surface area (Å²) in [5.74, 6) is 0.616. The van der Waals surface area contributed by atoms with Crippen LogP contribution in [0.25, 0.3) is 0 Å². The van der Waals surface area contributed by atoms with Crippen molar-refractivity contribution in [3.05, 3.63) is 121 Å². The molecule has 0 aliphatic carbocycles. The maximum atomic E-state index is 15.0. The van der Waals surface area contributed by atoms with Gasteiger partial charge in [0.1, 0.15) is 23.0 Å². The lowest BCUT2D eigenvalue weighted by Crippen LogP contribution is -2.51. The van der Waals surface area contributed by atoms with Gasteiger partial charge in [-0.05, 0) is 36.8 Å². The predicted octanol–water partition coefficient (Wildman–Crippen LogP) is 5.44. The van der Waals surface area contributed by atoms with Crippen LogP contribution in [0.5, 0.6) is 0 Å². The third kappa shape index (κ3) is 6.97. The molecule has 12 heteroatoms. The summed E-state index contributed by atoms with van der Waals surface area (Å²) in [6.07, 6.45) is -4.85. The van der Waals surface area contributed by atoms with E-state index in [1.165, 1.54) is 6.92 Å². The van der Waals surface area contributed by atoms with E-state index in [1.807, 2.05) is 17.0 Å². The van der Waals surface area contributed by atoms with Gasteiger partial charge >= 0.3 is 11.9 Å². The fourth-order valence-electron chi connectivity index (χ4n) is 5.86. The second-order valence-electron chi connectivity index (χ2n) is 12.8. The minimum atomic E-state index is -4.85. The first kappa shape index (κ1) is 33.2. The fourth-order valence-corrected chi connectivity index (χ4v) is 5.86. The minimum Gasteiger partial charge on any atom is -0.464 e. The van der Waals surface area contributed by atoms with E-state index >= 15 is 0 Å². The number of alkyl halides is 3. The molecule has 0 saturated carbocycles. The molecule has 246 valence electrons. The van der Waals surface area contributed by atoms with Crippen LogP contribution in [0.3, 0.4) is 0 Å². The normalized spacial score (nSPS) is 15.4. The number of rotatable bonds is 8. The van der Waals surface area contributed by atoms with Crippen LogP contribution < -0.4 is 21.9 Å². The molecule has 2 aromatic carbocycles. The molecule has 8 nitrogen and oxygen atoms in total. The smallest absolute Gasteiger partial charge is 0.416 e. The maximum Gasteiger partial charge on any atom is 0.416 e. The van der Waals surface area contributed by atoms with Gasteiger partial charge in [0.05, 0.1) is 25.2 Å². The first-order valence-corrected chi connectivity index (χ1v) is 15.2. The summed E-state index contributed by atoms with van der Waals surface area (Å²) < 4.78 is 64.7. The molecule has 3 heterocycles. The van der Waals surface area contributed by atoms with Gasteiger partial charge in [0.15, 0.2) is 0 Å². The highest BCUT2D eigenvalue weighted by Crippen LogP contribution is 2.34. The van der Waals surface area contributed by atoms with Crippen LogP contribution in [0.1, 0.15) is 60.7 Å². The first-order chi connectivity index (χ1) is 21.6. The van der Waals surface area contributed by atoms with E-state index < -0.39 is 47.0 Å². The van der Waals surface area contributed by atoms with E-state index in [1.54, 1.807) is 30.3 Å². The van der Waals surface area contributed by atoms with Crippen LogP contribution in [0.4, 0.5) is 23.2 Å². The SMILES string of the molecule is Cc1c(N2CCN(Cc3ccc(C(C)(C)C)o3)CC2)c(=O)n(CC(N)c2ccccc2)c(=O)n1Cc1c(F)cccc1C(F)(F)F. The highest BCUT2D eigenvalue weighted by Gasteiger charge is 2.35. The van der Waals surface area contributed by atoms with Crippen molar-refractivity contribution in [1.82, 2.24) is 14.0 Å². The van der Waals surface area contributed by atoms with Gasteiger partial charge in [-0.3, -0.25) is 18.8 Å². The van der Waals surface area contributed by atoms with E-state index in [0.29, 0.717) is 38.3 Å². The molecule has 1 saturated heterocycles. The first-order valence-electron chi connectivity index (χ1n) is 15.2. The number of piperazine rings is 1. The molecule has 1 atom stereocenters. The van der Waals surface area contributed by atoms with E-state index in [4.69, 9.17) is 10.2 Å². The van der Waals surface area contributed by atoms with E-state index in [2.05, 4.69) is 25.7 Å². The van der Waals surface area contributed by atoms with E-state index in [-0.39, 0.29) is 23.3 Å². The Kier molecular flexibility index (Phi) is 9.33. The maximum absolute atomic E-state index is 15.0. The third-order valence-corrected chi connectivity index (χ3v) is 8.47. The summed E-state index contributed by atoms with van der Waals surface area (Å²) >= 11 is 0. The molecule has 1 aliphatic heterocycles. The number of hydrogen-bond acceptors (Lipinski definition) is 6. The van der Waals surface area contributed by atoms with Gasteiger partial charge in [-0.15, -0.1) is 0 Å². The Balaban J connectivity index is 1.50. The Morgan fingerprint density at radius 3 is 2.15 bits per heavy atom. The monoisotopic (exact) mass is 641 g/mol. The Bertz CT molecular complexity index is 1800. The molecule has 46 heavy (non-hydrogen) atoms. The van der Waals surface area contributed by atoms with Crippen molar-refractivity contribution in [2.45, 2.75) is 65.0 Å². The fraction of sp³-hybridized carbons (Fsp3) is 0.412. The van der Waals surface area contributed by atoms with Gasteiger partial charge in [-0.2, -0.15) is 13.2 Å². The van der Waals surface area contributed by atoms with Crippen molar-refractivity contribution in [3.63, 3.8) is 0 Å². The van der Waals surface area contributed by atoms with Crippen molar-refractivity contribution in [3.8, 4) is 0 Å². The minimum absolute atomic E-state index is 0.121. The van der Waals surface area contributed by atoms with Crippen molar-refractivity contribution in [2.75, 3.05) is 31.1 Å². The Morgan fingerprint density at radius 1 is 0.870 bits per heavy atom. The molecular weight excluding hydrogens is 602 g/mol. The zero-order chi connectivity index (χ0) is 33.4. The molecule has 1 fully saturated rings. The van der Waals surface area contributed by atoms with Crippen molar-refractivity contribution in [1.29, 1.82) is 0 Å². The standard InChI is InChI=1S/C34H39F4N5O3/c1-22-30(41-17-15-40(16-18-41)19-24-13-14-29(46-24)33(2,3)4)31(44)43(21-28(39)23-9-6-5-7-10-23)32(45)42(22)20-25-26(34(36,37)38)11-8-12-27(25)35/h5-14,28H,15-21,39H2,1-4H3. The summed E-state index contributed by atoms with van der Waals surface area (Å²) in [6.45, 7) is 9.35. The van der Waals surface area contributed by atoms with E-state index in [9.17, 15) is 27.2 Å². The van der Waals surface area contributed by atoms with Crippen LogP contribution in [0.2, 0.25) is 0 Å². The molecule has 0 bridgehead atoms. The molecule has 1 unspecified atom stereocenters. The second kappa shape index (κ2) is 12.9. The Hall–Kier alpha value is -4.16. The number of halogens is 4. The van der Waals surface area contributed by atoms with Crippen molar-refractivity contribution >= 4 is 5.69 Å². The molecule has 0 spiro atoms. The highest BCUT2D eigenvalue weighted by molar-refractivity contribution is 5.50. The number of nitrogens with zero attached hydrogens (tertiary/aromatic N) is 4. The Labute approximate surface area is 264 Å². The number of nitrogens with two attached hydrogens (primary N) is 1. The largest absolute Gasteiger partial charge is 0.464 e. The molecule has 2 aromatic heterocycles. The third-order valence-electron chi connectivity index (χ3n) is 8.47. The van der Waals surface area contributed by atoms with Crippen LogP contribution in [-0.4, -0.2) is 40.2 Å². The highest BCUT2D eigenvalue weighted by atomic mass is 19.4. The molecule has 0 radical (unpaired) electrons. The van der Waals surface area contributed by atoms with Crippen LogP contribution in [-0.2, 0) is 31.2 Å². The lowest BCUT2D eigenvalue weighted by Gasteiger charge is -2.36. The average molecular weight is 642 g/mol. The topological polar surface area (TPSA) is 89.6 Å². The molecule has 1 aliphatic rings. The van der Waals surface area contributed by atoms with Gasteiger partial charge in [0, 0.05) is 48.9 Å². The lowest BCUT2D eigenvalue weighted by molar-refractivity contribution is -0.138. The number of aromatic nitrogens is 2. The van der Waals surface area contributed by atoms with Crippen LogP contribution >= 0.6 is 0 Å². The average Bonchev–Trinajstić information content (AvgIpc) is 3.48. The van der Waals surface area contributed by atoms with Crippen LogP contribution in [0, 0.1) is 12.7 Å². The summed E-state index contributed by atoms with van der Waals surface area (Å²) in [7, 11) is 0. The molecule has 5 rings (SSSR count). The number of anilines is 1. The predicted molar refractivity (Wildman–Crippen MR) is 168 cm³/mol. The molecule has 0 amide bonds. The number of benzene rings is 2. The van der Waals surface area contributed by atoms with Crippen molar-refractivity contribution in [2.24, 2.45) is 5.73 Å². The zero-order valence-corrected chi connectivity index (χ0v) is 26.4. The summed E-state index contributed by atoms with van der Waals surface area (Å²) in [6, 6.07) is 14.8. The number of hydrogen-bond donors (Lipinski definition) is 1. The summed E-state index contributed by atoms with van der Waals surface area (Å²) in [5.41, 5.74) is 3.99. The second-order valence-corrected chi connectivity index (χ2v) is 12.8. The van der Waals surface area contributed by atoms with Crippen LogP contribution in [0.15, 0.2) is 74.7 Å². The summed E-state index contributed by atoms with van der Waals surface area (Å²) in [4.78, 5) is 31.9. The van der Waals surface area contributed by atoms with Gasteiger partial charge in [0.2, 0.25) is 0 Å². The number of furan rings is 1. The Morgan fingerprint density at radius 2 is 1.54 bits per heavy atom. The van der Waals surface area contributed by atoms with Gasteiger partial charge in [-0.1, -0.05) is 57.2 Å². The zero-order valence-electron chi connectivity index (χ0n) is 26.4. The molecule has 4 aromatic rings. The molecular formula is C34H39F4N5O3. The van der Waals surface area contributed by atoms with Crippen molar-refractivity contribution < 1.29 is 22.0 Å². The van der Waals surface area contributed by atoms with Gasteiger partial charge < -0.3 is 15.1 Å². The van der Waals surface area contributed by atoms with Gasteiger partial charge in [-0.25, -0.2) is 9.18 Å². The lowest BCUT2D eigenvalue weighted by atomic mass is 9.94. The molecule has 2 N–H and O–H groups in total.